The van der Waals surface area contributed by atoms with Crippen molar-refractivity contribution in [3.63, 3.8) is 0 Å². The fraction of sp³-hybridized carbons (Fsp3) is 0.500. The molecule has 0 amide bonds. The van der Waals surface area contributed by atoms with Gasteiger partial charge in [-0.05, 0) is 30.9 Å². The molecule has 1 aromatic carbocycles. The summed E-state index contributed by atoms with van der Waals surface area (Å²) in [7, 11) is 0. The van der Waals surface area contributed by atoms with Gasteiger partial charge in [0.2, 0.25) is 0 Å². The second kappa shape index (κ2) is 8.46. The quantitative estimate of drug-likeness (QED) is 0.772. The number of piperidine rings is 1. The van der Waals surface area contributed by atoms with Crippen LogP contribution in [0.5, 0.6) is 0 Å². The molecule has 1 saturated heterocycles. The Morgan fingerprint density at radius 1 is 1.35 bits per heavy atom. The monoisotopic (exact) mass is 377 g/mol. The van der Waals surface area contributed by atoms with Gasteiger partial charge in [-0.2, -0.15) is 0 Å². The highest BCUT2D eigenvalue weighted by Gasteiger charge is 2.41. The molecular weight excluding hydrogens is 353 g/mol. The van der Waals surface area contributed by atoms with Crippen LogP contribution in [-0.2, 0) is 9.59 Å². The van der Waals surface area contributed by atoms with Crippen LogP contribution in [0, 0.1) is 11.7 Å². The van der Waals surface area contributed by atoms with Crippen molar-refractivity contribution in [1.29, 1.82) is 0 Å². The maximum atomic E-state index is 14.5. The van der Waals surface area contributed by atoms with Gasteiger partial charge in [0.05, 0.1) is 12.6 Å². The molecule has 2 fully saturated rings. The van der Waals surface area contributed by atoms with Gasteiger partial charge in [0, 0.05) is 36.7 Å². The predicted molar refractivity (Wildman–Crippen MR) is 100 cm³/mol. The van der Waals surface area contributed by atoms with Gasteiger partial charge in [0.1, 0.15) is 5.82 Å². The number of likely N-dealkylation sites (tertiary alicyclic amines) is 1. The molecule has 0 spiro atoms. The van der Waals surface area contributed by atoms with Crippen molar-refractivity contribution in [1.82, 2.24) is 4.90 Å². The summed E-state index contributed by atoms with van der Waals surface area (Å²) in [6, 6.07) is 5.87. The standard InChI is InChI=1S/C20H24FNO3S/c1-13(24)26-18-8-10-22(12-15(18)9-11-23)19(20(25)14-6-7-14)16-4-2-3-5-17(16)21/h2-5,9,14,18-19,23H,6-8,10-12H2,1H3/b15-9-/t18-,19?/m1/s1. The molecule has 3 rings (SSSR count). The highest BCUT2D eigenvalue weighted by atomic mass is 32.2. The lowest BCUT2D eigenvalue weighted by atomic mass is 9.93. The van der Waals surface area contributed by atoms with Crippen LogP contribution in [-0.4, -0.2) is 45.9 Å². The van der Waals surface area contributed by atoms with E-state index in [4.69, 9.17) is 0 Å². The van der Waals surface area contributed by atoms with Crippen LogP contribution in [0.1, 0.15) is 37.8 Å². The lowest BCUT2D eigenvalue weighted by Gasteiger charge is -2.38. The van der Waals surface area contributed by atoms with Crippen molar-refractivity contribution >= 4 is 22.7 Å². The molecule has 1 aliphatic heterocycles. The van der Waals surface area contributed by atoms with Crippen molar-refractivity contribution in [3.8, 4) is 0 Å². The molecule has 2 atom stereocenters. The number of halogens is 1. The van der Waals surface area contributed by atoms with E-state index in [1.165, 1.54) is 24.8 Å². The topological polar surface area (TPSA) is 57.6 Å². The van der Waals surface area contributed by atoms with E-state index in [0.29, 0.717) is 25.1 Å². The summed E-state index contributed by atoms with van der Waals surface area (Å²) in [4.78, 5) is 26.4. The number of ketones is 1. The largest absolute Gasteiger partial charge is 0.392 e. The van der Waals surface area contributed by atoms with Gasteiger partial charge in [-0.15, -0.1) is 0 Å². The Bertz CT molecular complexity index is 717. The molecule has 0 aromatic heterocycles. The summed E-state index contributed by atoms with van der Waals surface area (Å²) < 4.78 is 14.5. The summed E-state index contributed by atoms with van der Waals surface area (Å²) in [5, 5.41) is 9.39. The third kappa shape index (κ3) is 4.42. The van der Waals surface area contributed by atoms with E-state index in [2.05, 4.69) is 0 Å². The second-order valence-electron chi connectivity index (χ2n) is 6.92. The number of aliphatic hydroxyl groups excluding tert-OH is 1. The Kier molecular flexibility index (Phi) is 6.27. The zero-order valence-corrected chi connectivity index (χ0v) is 15.7. The fourth-order valence-electron chi connectivity index (χ4n) is 3.57. The molecule has 0 bridgehead atoms. The Hall–Kier alpha value is -1.50. The van der Waals surface area contributed by atoms with Crippen molar-refractivity contribution in [2.75, 3.05) is 19.7 Å². The average molecular weight is 377 g/mol. The van der Waals surface area contributed by atoms with Gasteiger partial charge in [0.15, 0.2) is 10.9 Å². The van der Waals surface area contributed by atoms with Gasteiger partial charge < -0.3 is 5.11 Å². The van der Waals surface area contributed by atoms with Crippen LogP contribution in [0.2, 0.25) is 0 Å². The number of hydrogen-bond acceptors (Lipinski definition) is 5. The molecule has 4 nitrogen and oxygen atoms in total. The van der Waals surface area contributed by atoms with Crippen LogP contribution < -0.4 is 0 Å². The van der Waals surface area contributed by atoms with Gasteiger partial charge in [-0.25, -0.2) is 4.39 Å². The number of nitrogens with zero attached hydrogens (tertiary/aromatic N) is 1. The smallest absolute Gasteiger partial charge is 0.186 e. The molecule has 2 aliphatic rings. The Morgan fingerprint density at radius 2 is 2.08 bits per heavy atom. The van der Waals surface area contributed by atoms with Crippen LogP contribution in [0.4, 0.5) is 4.39 Å². The first kappa shape index (κ1) is 19.3. The van der Waals surface area contributed by atoms with E-state index in [0.717, 1.165) is 18.4 Å². The van der Waals surface area contributed by atoms with E-state index >= 15 is 0 Å². The third-order valence-corrected chi connectivity index (χ3v) is 6.11. The number of aliphatic hydroxyl groups is 1. The van der Waals surface area contributed by atoms with E-state index in [9.17, 15) is 19.1 Å². The maximum Gasteiger partial charge on any atom is 0.186 e. The summed E-state index contributed by atoms with van der Waals surface area (Å²) in [6.45, 7) is 2.50. The number of carbonyl (C=O) groups is 2. The Labute approximate surface area is 157 Å². The van der Waals surface area contributed by atoms with E-state index < -0.39 is 6.04 Å². The fourth-order valence-corrected chi connectivity index (χ4v) is 4.52. The average Bonchev–Trinajstić information content (AvgIpc) is 3.44. The minimum absolute atomic E-state index is 0.00759. The van der Waals surface area contributed by atoms with Gasteiger partial charge in [-0.1, -0.05) is 36.0 Å². The highest BCUT2D eigenvalue weighted by molar-refractivity contribution is 8.14. The summed E-state index contributed by atoms with van der Waals surface area (Å²) in [6.07, 6.45) is 4.16. The van der Waals surface area contributed by atoms with E-state index in [-0.39, 0.29) is 34.5 Å². The van der Waals surface area contributed by atoms with Crippen molar-refractivity contribution < 1.29 is 19.1 Å². The number of benzene rings is 1. The normalized spacial score (nSPS) is 23.8. The van der Waals surface area contributed by atoms with Crippen LogP contribution in [0.3, 0.4) is 0 Å². The van der Waals surface area contributed by atoms with E-state index in [1.54, 1.807) is 24.3 Å². The van der Waals surface area contributed by atoms with Gasteiger partial charge in [0.25, 0.3) is 0 Å². The molecule has 1 N–H and O–H groups in total. The summed E-state index contributed by atoms with van der Waals surface area (Å²) >= 11 is 1.26. The third-order valence-electron chi connectivity index (χ3n) is 4.95. The van der Waals surface area contributed by atoms with Gasteiger partial charge in [-0.3, -0.25) is 14.5 Å². The molecular formula is C20H24FNO3S. The lowest BCUT2D eigenvalue weighted by Crippen LogP contribution is -2.43. The molecule has 140 valence electrons. The highest BCUT2D eigenvalue weighted by Crippen LogP contribution is 2.40. The molecule has 26 heavy (non-hydrogen) atoms. The number of rotatable bonds is 6. The zero-order valence-electron chi connectivity index (χ0n) is 14.9. The first-order valence-electron chi connectivity index (χ1n) is 9.00. The van der Waals surface area contributed by atoms with Crippen LogP contribution >= 0.6 is 11.8 Å². The minimum Gasteiger partial charge on any atom is -0.392 e. The van der Waals surface area contributed by atoms with Gasteiger partial charge >= 0.3 is 0 Å². The van der Waals surface area contributed by atoms with Crippen LogP contribution in [0.25, 0.3) is 0 Å². The van der Waals surface area contributed by atoms with E-state index in [1.807, 2.05) is 4.90 Å². The van der Waals surface area contributed by atoms with Crippen molar-refractivity contribution in [2.24, 2.45) is 5.92 Å². The summed E-state index contributed by atoms with van der Waals surface area (Å²) in [5.41, 5.74) is 1.36. The number of Topliss-reactive ketones (excluding diaryl/α,β-unsaturated/α-hetero) is 1. The lowest BCUT2D eigenvalue weighted by molar-refractivity contribution is -0.126. The predicted octanol–water partition coefficient (Wildman–Crippen LogP) is 3.12. The molecule has 1 aliphatic carbocycles. The minimum atomic E-state index is -0.603. The maximum absolute atomic E-state index is 14.5. The molecule has 1 heterocycles. The molecule has 1 unspecified atom stereocenters. The zero-order chi connectivity index (χ0) is 18.7. The Morgan fingerprint density at radius 3 is 2.69 bits per heavy atom. The number of carbonyl (C=O) groups excluding carboxylic acids is 2. The SMILES string of the molecule is CC(=O)S[C@@H]1CCN(C(C(=O)C2CC2)c2ccccc2F)C/C1=C/CO. The number of thioether (sulfide) groups is 1. The van der Waals surface area contributed by atoms with Crippen molar-refractivity contribution in [2.45, 2.75) is 37.5 Å². The first-order chi connectivity index (χ1) is 12.5. The molecule has 6 heteroatoms. The first-order valence-corrected chi connectivity index (χ1v) is 9.88. The molecule has 0 radical (unpaired) electrons. The molecule has 1 aromatic rings. The second-order valence-corrected chi connectivity index (χ2v) is 8.30. The van der Waals surface area contributed by atoms with Crippen molar-refractivity contribution in [3.05, 3.63) is 47.3 Å². The number of hydrogen-bond donors (Lipinski definition) is 1. The Balaban J connectivity index is 1.87. The molecule has 1 saturated carbocycles. The summed E-state index contributed by atoms with van der Waals surface area (Å²) in [5.74, 6) is -0.260. The van der Waals surface area contributed by atoms with Crippen LogP contribution in [0.15, 0.2) is 35.9 Å².